The minimum atomic E-state index is -0.523. The molecular formula is C16H18N8O3. The van der Waals surface area contributed by atoms with E-state index in [1.807, 2.05) is 31.2 Å². The van der Waals surface area contributed by atoms with Crippen LogP contribution in [0.1, 0.15) is 35.6 Å². The van der Waals surface area contributed by atoms with E-state index in [-0.39, 0.29) is 17.3 Å². The third-order valence-corrected chi connectivity index (χ3v) is 3.66. The predicted molar refractivity (Wildman–Crippen MR) is 95.7 cm³/mol. The maximum atomic E-state index is 12.6. The summed E-state index contributed by atoms with van der Waals surface area (Å²) in [5.74, 6) is 0.309. The van der Waals surface area contributed by atoms with Crippen molar-refractivity contribution in [2.75, 3.05) is 12.3 Å². The van der Waals surface area contributed by atoms with Crippen molar-refractivity contribution in [2.45, 2.75) is 20.8 Å². The summed E-state index contributed by atoms with van der Waals surface area (Å²) in [6.45, 7) is 5.92. The van der Waals surface area contributed by atoms with Gasteiger partial charge in [0.05, 0.1) is 18.0 Å². The van der Waals surface area contributed by atoms with Crippen LogP contribution in [-0.4, -0.2) is 43.5 Å². The average Bonchev–Trinajstić information content (AvgIpc) is 3.25. The Morgan fingerprint density at radius 2 is 2.07 bits per heavy atom. The smallest absolute Gasteiger partial charge is 0.292 e. The molecule has 0 aliphatic carbocycles. The molecule has 0 saturated carbocycles. The third-order valence-electron chi connectivity index (χ3n) is 3.66. The largest absolute Gasteiger partial charge is 0.494 e. The molecule has 140 valence electrons. The number of nitrogens with two attached hydrogens (primary N) is 1. The molecule has 0 spiro atoms. The Bertz CT molecular complexity index is 974. The Labute approximate surface area is 154 Å². The van der Waals surface area contributed by atoms with Gasteiger partial charge in [0.25, 0.3) is 5.91 Å². The first-order chi connectivity index (χ1) is 13.0. The van der Waals surface area contributed by atoms with Gasteiger partial charge in [-0.25, -0.2) is 10.1 Å². The highest BCUT2D eigenvalue weighted by Gasteiger charge is 2.22. The second-order valence-electron chi connectivity index (χ2n) is 5.50. The molecule has 0 radical (unpaired) electrons. The lowest BCUT2D eigenvalue weighted by molar-refractivity contribution is 0.0946. The summed E-state index contributed by atoms with van der Waals surface area (Å²) in [5.41, 5.74) is 10.1. The number of hydrogen-bond acceptors (Lipinski definition) is 9. The lowest BCUT2D eigenvalue weighted by Crippen LogP contribution is -2.24. The number of benzene rings is 1. The maximum Gasteiger partial charge on any atom is 0.292 e. The van der Waals surface area contributed by atoms with Crippen LogP contribution in [0.4, 0.5) is 5.82 Å². The molecule has 0 aliphatic heterocycles. The van der Waals surface area contributed by atoms with Gasteiger partial charge in [0.2, 0.25) is 11.6 Å². The van der Waals surface area contributed by atoms with Gasteiger partial charge in [-0.05, 0) is 60.9 Å². The third kappa shape index (κ3) is 3.76. The SMILES string of the molecule is CCOc1ccc(/C(C)=N\NC(=O)c2c(C)nnn2-c2nonc2N)cc1. The quantitative estimate of drug-likeness (QED) is 0.484. The Balaban J connectivity index is 1.79. The fourth-order valence-electron chi connectivity index (χ4n) is 2.31. The fraction of sp³-hybridized carbons (Fsp3) is 0.250. The lowest BCUT2D eigenvalue weighted by Gasteiger charge is -2.06. The van der Waals surface area contributed by atoms with Crippen LogP contribution in [0.15, 0.2) is 34.0 Å². The number of aryl methyl sites for hydroxylation is 1. The van der Waals surface area contributed by atoms with Crippen LogP contribution in [0.3, 0.4) is 0 Å². The van der Waals surface area contributed by atoms with Crippen molar-refractivity contribution in [1.82, 2.24) is 30.7 Å². The Morgan fingerprint density at radius 1 is 1.33 bits per heavy atom. The minimum Gasteiger partial charge on any atom is -0.494 e. The van der Waals surface area contributed by atoms with E-state index >= 15 is 0 Å². The van der Waals surface area contributed by atoms with Crippen LogP contribution in [-0.2, 0) is 0 Å². The maximum absolute atomic E-state index is 12.6. The monoisotopic (exact) mass is 370 g/mol. The zero-order valence-electron chi connectivity index (χ0n) is 15.0. The van der Waals surface area contributed by atoms with Gasteiger partial charge in [-0.15, -0.1) is 5.10 Å². The Kier molecular flexibility index (Phi) is 5.11. The first kappa shape index (κ1) is 18.0. The van der Waals surface area contributed by atoms with Crippen molar-refractivity contribution in [3.05, 3.63) is 41.2 Å². The molecule has 11 heteroatoms. The number of amides is 1. The van der Waals surface area contributed by atoms with Gasteiger partial charge in [0, 0.05) is 0 Å². The van der Waals surface area contributed by atoms with E-state index in [4.69, 9.17) is 10.5 Å². The lowest BCUT2D eigenvalue weighted by atomic mass is 10.1. The summed E-state index contributed by atoms with van der Waals surface area (Å²) in [6, 6.07) is 7.38. The molecule has 27 heavy (non-hydrogen) atoms. The highest BCUT2D eigenvalue weighted by Crippen LogP contribution is 2.15. The molecular weight excluding hydrogens is 352 g/mol. The summed E-state index contributed by atoms with van der Waals surface area (Å²) >= 11 is 0. The molecule has 3 rings (SSSR count). The van der Waals surface area contributed by atoms with E-state index in [0.717, 1.165) is 16.0 Å². The van der Waals surface area contributed by atoms with E-state index in [0.29, 0.717) is 18.0 Å². The van der Waals surface area contributed by atoms with E-state index in [2.05, 4.69) is 35.8 Å². The zero-order chi connectivity index (χ0) is 19.4. The van der Waals surface area contributed by atoms with E-state index in [1.54, 1.807) is 13.8 Å². The minimum absolute atomic E-state index is 0.0111. The number of hydrogen-bond donors (Lipinski definition) is 2. The fourth-order valence-corrected chi connectivity index (χ4v) is 2.31. The van der Waals surface area contributed by atoms with Crippen LogP contribution < -0.4 is 15.9 Å². The predicted octanol–water partition coefficient (Wildman–Crippen LogP) is 1.09. The van der Waals surface area contributed by atoms with Gasteiger partial charge in [-0.1, -0.05) is 5.21 Å². The van der Waals surface area contributed by atoms with Crippen LogP contribution in [0.5, 0.6) is 5.75 Å². The number of nitrogens with one attached hydrogen (secondary N) is 1. The van der Waals surface area contributed by atoms with Gasteiger partial charge < -0.3 is 10.5 Å². The highest BCUT2D eigenvalue weighted by atomic mass is 16.6. The summed E-state index contributed by atoms with van der Waals surface area (Å²) in [5, 5.41) is 19.0. The molecule has 2 heterocycles. The van der Waals surface area contributed by atoms with Crippen molar-refractivity contribution in [2.24, 2.45) is 5.10 Å². The number of anilines is 1. The number of aromatic nitrogens is 5. The molecule has 11 nitrogen and oxygen atoms in total. The number of rotatable bonds is 6. The topological polar surface area (TPSA) is 146 Å². The van der Waals surface area contributed by atoms with Gasteiger partial charge in [0.1, 0.15) is 5.75 Å². The van der Waals surface area contributed by atoms with E-state index in [1.165, 1.54) is 0 Å². The Hall–Kier alpha value is -3.76. The standard InChI is InChI=1S/C16H18N8O3/c1-4-26-12-7-5-11(6-8-12)9(2)18-20-16(25)13-10(3)19-23-24(13)15-14(17)21-27-22-15/h5-8H,4H2,1-3H3,(H2,17,21)(H,20,25)/b18-9-. The summed E-state index contributed by atoms with van der Waals surface area (Å²) in [6.07, 6.45) is 0. The van der Waals surface area contributed by atoms with Crippen LogP contribution in [0.2, 0.25) is 0 Å². The Morgan fingerprint density at radius 3 is 2.70 bits per heavy atom. The molecule has 1 amide bonds. The summed E-state index contributed by atoms with van der Waals surface area (Å²) < 4.78 is 11.1. The molecule has 0 unspecified atom stereocenters. The van der Waals surface area contributed by atoms with Crippen LogP contribution >= 0.6 is 0 Å². The van der Waals surface area contributed by atoms with Crippen molar-refractivity contribution >= 4 is 17.4 Å². The molecule has 0 saturated heterocycles. The van der Waals surface area contributed by atoms with Crippen LogP contribution in [0.25, 0.3) is 5.82 Å². The van der Waals surface area contributed by atoms with Gasteiger partial charge in [-0.2, -0.15) is 9.78 Å². The molecule has 0 atom stereocenters. The summed E-state index contributed by atoms with van der Waals surface area (Å²) in [4.78, 5) is 12.6. The molecule has 0 fully saturated rings. The van der Waals surface area contributed by atoms with Crippen molar-refractivity contribution in [3.63, 3.8) is 0 Å². The molecule has 0 aliphatic rings. The number of hydrazone groups is 1. The number of carbonyl (C=O) groups is 1. The number of nitrogens with zero attached hydrogens (tertiary/aromatic N) is 6. The second-order valence-corrected chi connectivity index (χ2v) is 5.50. The number of nitrogen functional groups attached to an aromatic ring is 1. The first-order valence-corrected chi connectivity index (χ1v) is 8.09. The molecule has 1 aromatic carbocycles. The van der Waals surface area contributed by atoms with Gasteiger partial charge in [-0.3, -0.25) is 4.79 Å². The molecule has 3 aromatic rings. The van der Waals surface area contributed by atoms with E-state index < -0.39 is 5.91 Å². The first-order valence-electron chi connectivity index (χ1n) is 8.09. The molecule has 3 N–H and O–H groups in total. The van der Waals surface area contributed by atoms with Crippen LogP contribution in [0, 0.1) is 6.92 Å². The highest BCUT2D eigenvalue weighted by molar-refractivity contribution is 6.00. The number of ether oxygens (including phenoxy) is 1. The van der Waals surface area contributed by atoms with Crippen molar-refractivity contribution in [3.8, 4) is 11.6 Å². The van der Waals surface area contributed by atoms with E-state index in [9.17, 15) is 4.79 Å². The van der Waals surface area contributed by atoms with Gasteiger partial charge in [0.15, 0.2) is 5.69 Å². The van der Waals surface area contributed by atoms with Crippen molar-refractivity contribution < 1.29 is 14.2 Å². The number of carbonyl (C=O) groups excluding carboxylic acids is 1. The average molecular weight is 370 g/mol. The molecule has 0 bridgehead atoms. The molecule has 2 aromatic heterocycles. The zero-order valence-corrected chi connectivity index (χ0v) is 15.0. The van der Waals surface area contributed by atoms with Crippen molar-refractivity contribution in [1.29, 1.82) is 0 Å². The normalized spacial score (nSPS) is 11.4. The second kappa shape index (κ2) is 7.64. The van der Waals surface area contributed by atoms with Gasteiger partial charge >= 0.3 is 0 Å². The summed E-state index contributed by atoms with van der Waals surface area (Å²) in [7, 11) is 0.